The number of anilines is 1. The Morgan fingerprint density at radius 1 is 1.07 bits per heavy atom. The normalized spacial score (nSPS) is 21.4. The van der Waals surface area contributed by atoms with Crippen LogP contribution < -0.4 is 14.8 Å². The van der Waals surface area contributed by atoms with Gasteiger partial charge in [0.05, 0.1) is 23.7 Å². The number of sulfonamides is 1. The van der Waals surface area contributed by atoms with E-state index in [2.05, 4.69) is 33.9 Å². The van der Waals surface area contributed by atoms with Crippen molar-refractivity contribution < 1.29 is 27.5 Å². The monoisotopic (exact) mass is 635 g/mol. The molecule has 4 bridgehead atoms. The van der Waals surface area contributed by atoms with Crippen molar-refractivity contribution in [1.82, 2.24) is 20.2 Å². The molecule has 0 radical (unpaired) electrons. The lowest BCUT2D eigenvalue weighted by molar-refractivity contribution is 0.0353. The number of nitrogens with zero attached hydrogens (tertiary/aromatic N) is 3. The van der Waals surface area contributed by atoms with Gasteiger partial charge < -0.3 is 19.7 Å². The van der Waals surface area contributed by atoms with E-state index in [-0.39, 0.29) is 58.8 Å². The number of carbonyl (C=O) groups excluding carboxylic acids is 2. The SMILES string of the molecule is COC(=O)NC1CCC(N2C(=O)c3cccc(c3)S(=O)(=O)Nc3nc(cc(-c4c(C)cccc4C)n3)OC[C@H]2CC(C)C)CC1. The van der Waals surface area contributed by atoms with Gasteiger partial charge in [-0.15, -0.1) is 0 Å². The van der Waals surface area contributed by atoms with E-state index in [0.717, 1.165) is 16.7 Å². The summed E-state index contributed by atoms with van der Waals surface area (Å²) in [4.78, 5) is 37.0. The molecule has 0 unspecified atom stereocenters. The zero-order valence-electron chi connectivity index (χ0n) is 26.4. The fourth-order valence-electron chi connectivity index (χ4n) is 6.36. The topological polar surface area (TPSA) is 140 Å². The first kappa shape index (κ1) is 32.2. The number of hydrogen-bond acceptors (Lipinski definition) is 8. The minimum atomic E-state index is -4.15. The van der Waals surface area contributed by atoms with E-state index < -0.39 is 16.1 Å². The molecule has 5 rings (SSSR count). The minimum Gasteiger partial charge on any atom is -0.475 e. The van der Waals surface area contributed by atoms with Crippen molar-refractivity contribution in [2.45, 2.75) is 82.8 Å². The second kappa shape index (κ2) is 13.4. The highest BCUT2D eigenvalue weighted by Crippen LogP contribution is 2.32. The number of fused-ring (bicyclic) bond motifs is 4. The van der Waals surface area contributed by atoms with E-state index in [1.165, 1.54) is 19.2 Å². The van der Waals surface area contributed by atoms with E-state index in [9.17, 15) is 18.0 Å². The molecule has 1 aliphatic heterocycles. The van der Waals surface area contributed by atoms with Gasteiger partial charge >= 0.3 is 6.09 Å². The summed E-state index contributed by atoms with van der Waals surface area (Å²) in [6.45, 7) is 8.29. The van der Waals surface area contributed by atoms with Crippen LogP contribution in [0.5, 0.6) is 5.88 Å². The first-order valence-corrected chi connectivity index (χ1v) is 16.8. The summed E-state index contributed by atoms with van der Waals surface area (Å²) >= 11 is 0. The zero-order valence-corrected chi connectivity index (χ0v) is 27.2. The zero-order chi connectivity index (χ0) is 32.3. The van der Waals surface area contributed by atoms with Crippen molar-refractivity contribution in [3.05, 3.63) is 65.2 Å². The summed E-state index contributed by atoms with van der Waals surface area (Å²) in [5, 5.41) is 2.88. The summed E-state index contributed by atoms with van der Waals surface area (Å²) in [7, 11) is -2.81. The van der Waals surface area contributed by atoms with Crippen LogP contribution in [0.3, 0.4) is 0 Å². The Hall–Kier alpha value is -4.19. The summed E-state index contributed by atoms with van der Waals surface area (Å²) in [6, 6.07) is 13.2. The first-order chi connectivity index (χ1) is 21.4. The molecule has 0 saturated heterocycles. The molecule has 12 heteroatoms. The van der Waals surface area contributed by atoms with Crippen molar-refractivity contribution in [2.75, 3.05) is 18.4 Å². The summed E-state index contributed by atoms with van der Waals surface area (Å²) in [6.07, 6.45) is 2.84. The lowest BCUT2D eigenvalue weighted by Crippen LogP contribution is -2.52. The Morgan fingerprint density at radius 2 is 1.76 bits per heavy atom. The van der Waals surface area contributed by atoms with Crippen molar-refractivity contribution >= 4 is 28.0 Å². The van der Waals surface area contributed by atoms with Crippen molar-refractivity contribution in [3.63, 3.8) is 0 Å². The third-order valence-electron chi connectivity index (χ3n) is 8.45. The second-order valence-corrected chi connectivity index (χ2v) is 13.9. The Morgan fingerprint density at radius 3 is 2.42 bits per heavy atom. The van der Waals surface area contributed by atoms with Crippen molar-refractivity contribution in [1.29, 1.82) is 0 Å². The molecule has 1 aromatic heterocycles. The number of aromatic nitrogens is 2. The average Bonchev–Trinajstić information content (AvgIpc) is 3.00. The molecule has 1 aliphatic carbocycles. The van der Waals surface area contributed by atoms with Gasteiger partial charge in [0.1, 0.15) is 6.61 Å². The molecule has 1 atom stereocenters. The lowest BCUT2D eigenvalue weighted by Gasteiger charge is -2.42. The smallest absolute Gasteiger partial charge is 0.407 e. The van der Waals surface area contributed by atoms with Crippen LogP contribution in [0.2, 0.25) is 0 Å². The van der Waals surface area contributed by atoms with Crippen LogP contribution in [0.1, 0.15) is 67.4 Å². The molecule has 3 aromatic rings. The van der Waals surface area contributed by atoms with Crippen LogP contribution >= 0.6 is 0 Å². The van der Waals surface area contributed by atoms with Gasteiger partial charge in [-0.3, -0.25) is 4.79 Å². The van der Waals surface area contributed by atoms with Gasteiger partial charge in [-0.2, -0.15) is 4.98 Å². The number of ether oxygens (including phenoxy) is 2. The predicted octanol–water partition coefficient (Wildman–Crippen LogP) is 5.48. The Bertz CT molecular complexity index is 1650. The van der Waals surface area contributed by atoms with E-state index in [0.29, 0.717) is 37.8 Å². The summed E-state index contributed by atoms with van der Waals surface area (Å²) in [5.41, 5.74) is 3.62. The molecule has 2 amide bonds. The van der Waals surface area contributed by atoms with Crippen molar-refractivity contribution in [3.8, 4) is 17.1 Å². The molecule has 1 saturated carbocycles. The van der Waals surface area contributed by atoms with E-state index >= 15 is 0 Å². The highest BCUT2D eigenvalue weighted by molar-refractivity contribution is 7.92. The van der Waals surface area contributed by atoms with Gasteiger partial charge in [0.25, 0.3) is 15.9 Å². The van der Waals surface area contributed by atoms with Gasteiger partial charge in [0, 0.05) is 29.3 Å². The maximum Gasteiger partial charge on any atom is 0.407 e. The van der Waals surface area contributed by atoms with E-state index in [1.54, 1.807) is 18.2 Å². The summed E-state index contributed by atoms with van der Waals surface area (Å²) in [5.74, 6) is 0.0636. The average molecular weight is 636 g/mol. The molecule has 2 heterocycles. The standard InChI is InChI=1S/C33H41N5O6S/c1-20(2)16-26-19-44-29-18-28(30-21(3)8-6-9-22(30)4)35-32(36-29)37-45(41,42)27-11-7-10-23(17-27)31(39)38(26)25-14-12-24(13-15-25)34-33(40)43-5/h6-11,17-18,20,24-26H,12-16,19H2,1-5H3,(H,34,40)(H,35,36,37)/t24?,25?,26-/m1/s1. The number of hydrogen-bond donors (Lipinski definition) is 2. The number of methoxy groups -OCH3 is 1. The Labute approximate surface area is 264 Å². The summed E-state index contributed by atoms with van der Waals surface area (Å²) < 4.78 is 40.8. The Balaban J connectivity index is 1.59. The van der Waals surface area contributed by atoms with Crippen LogP contribution in [0, 0.1) is 19.8 Å². The number of benzene rings is 2. The highest BCUT2D eigenvalue weighted by atomic mass is 32.2. The van der Waals surface area contributed by atoms with Crippen LogP contribution in [0.25, 0.3) is 11.3 Å². The molecular weight excluding hydrogens is 594 g/mol. The molecule has 1 fully saturated rings. The lowest BCUT2D eigenvalue weighted by atomic mass is 9.88. The number of aryl methyl sites for hydroxylation is 2. The first-order valence-electron chi connectivity index (χ1n) is 15.3. The molecule has 2 aromatic carbocycles. The maximum atomic E-state index is 14.4. The molecular formula is C33H41N5O6S. The molecule has 0 spiro atoms. The quantitative estimate of drug-likeness (QED) is 0.376. The largest absolute Gasteiger partial charge is 0.475 e. The third kappa shape index (κ3) is 7.38. The van der Waals surface area contributed by atoms with Crippen LogP contribution in [0.4, 0.5) is 10.7 Å². The molecule has 2 N–H and O–H groups in total. The van der Waals surface area contributed by atoms with Crippen LogP contribution in [-0.4, -0.2) is 67.1 Å². The van der Waals surface area contributed by atoms with Gasteiger partial charge in [-0.25, -0.2) is 22.9 Å². The molecule has 2 aliphatic rings. The number of rotatable bonds is 5. The number of nitrogens with one attached hydrogen (secondary N) is 2. The highest BCUT2D eigenvalue weighted by Gasteiger charge is 2.36. The van der Waals surface area contributed by atoms with Gasteiger partial charge in [0.15, 0.2) is 0 Å². The van der Waals surface area contributed by atoms with Gasteiger partial charge in [0.2, 0.25) is 11.8 Å². The predicted molar refractivity (Wildman–Crippen MR) is 171 cm³/mol. The Kier molecular flexibility index (Phi) is 9.62. The van der Waals surface area contributed by atoms with E-state index in [4.69, 9.17) is 9.47 Å². The second-order valence-electron chi connectivity index (χ2n) is 12.3. The number of alkyl carbamates (subject to hydrolysis) is 1. The maximum absolute atomic E-state index is 14.4. The van der Waals surface area contributed by atoms with Gasteiger partial charge in [-0.1, -0.05) is 38.1 Å². The van der Waals surface area contributed by atoms with Crippen molar-refractivity contribution in [2.24, 2.45) is 5.92 Å². The fourth-order valence-corrected chi connectivity index (χ4v) is 7.35. The minimum absolute atomic E-state index is 0.0538. The molecule has 45 heavy (non-hydrogen) atoms. The van der Waals surface area contributed by atoms with E-state index in [1.807, 2.05) is 36.9 Å². The van der Waals surface area contributed by atoms with Crippen LogP contribution in [-0.2, 0) is 14.8 Å². The molecule has 11 nitrogen and oxygen atoms in total. The number of amides is 2. The van der Waals surface area contributed by atoms with Crippen LogP contribution in [0.15, 0.2) is 53.4 Å². The van der Waals surface area contributed by atoms with Gasteiger partial charge in [-0.05, 0) is 81.2 Å². The fraction of sp³-hybridized carbons (Fsp3) is 0.455. The third-order valence-corrected chi connectivity index (χ3v) is 9.78. The number of carbonyl (C=O) groups is 2. The molecule has 240 valence electrons.